The number of Topliss-reactive ketones (excluding diaryl/α,β-unsaturated/α-hetero) is 1. The first-order chi connectivity index (χ1) is 9.91. The molecule has 0 saturated heterocycles. The van der Waals surface area contributed by atoms with Gasteiger partial charge in [0.1, 0.15) is 5.78 Å². The first-order valence-corrected chi connectivity index (χ1v) is 11.3. The molecule has 0 aromatic rings. The number of allylic oxidation sites excluding steroid dienone is 1. The highest BCUT2D eigenvalue weighted by molar-refractivity contribution is 6.73. The van der Waals surface area contributed by atoms with Crippen molar-refractivity contribution in [2.45, 2.75) is 84.5 Å². The first kappa shape index (κ1) is 16.9. The van der Waals surface area contributed by atoms with E-state index in [0.29, 0.717) is 11.7 Å². The Morgan fingerprint density at radius 3 is 2.48 bits per heavy atom. The quantitative estimate of drug-likeness (QED) is 0.521. The molecule has 0 aliphatic heterocycles. The topological polar surface area (TPSA) is 26.3 Å². The maximum Gasteiger partial charge on any atom is 0.192 e. The van der Waals surface area contributed by atoms with E-state index >= 15 is 0 Å². The lowest BCUT2D eigenvalue weighted by Crippen LogP contribution is -2.49. The molecule has 0 aromatic heterocycles. The molecule has 0 radical (unpaired) electrons. The fourth-order valence-electron chi connectivity index (χ4n) is 4.30. The molecule has 3 heteroatoms. The second-order valence-electron chi connectivity index (χ2n) is 7.28. The summed E-state index contributed by atoms with van der Waals surface area (Å²) in [4.78, 5) is 12.7. The van der Waals surface area contributed by atoms with E-state index in [1.165, 1.54) is 5.57 Å². The van der Waals surface area contributed by atoms with Crippen LogP contribution in [-0.4, -0.2) is 20.2 Å². The molecule has 2 aliphatic rings. The van der Waals surface area contributed by atoms with Crippen LogP contribution in [0.2, 0.25) is 18.1 Å². The van der Waals surface area contributed by atoms with E-state index in [2.05, 4.69) is 40.7 Å². The van der Waals surface area contributed by atoms with Gasteiger partial charge in [0, 0.05) is 6.42 Å². The van der Waals surface area contributed by atoms with Crippen LogP contribution in [-0.2, 0) is 9.22 Å². The van der Waals surface area contributed by atoms with Gasteiger partial charge in [-0.3, -0.25) is 4.79 Å². The van der Waals surface area contributed by atoms with Crippen molar-refractivity contribution in [2.24, 2.45) is 11.3 Å². The molecule has 1 fully saturated rings. The van der Waals surface area contributed by atoms with E-state index in [-0.39, 0.29) is 11.5 Å². The van der Waals surface area contributed by atoms with Gasteiger partial charge in [0.2, 0.25) is 0 Å². The fourth-order valence-corrected chi connectivity index (χ4v) is 7.24. The van der Waals surface area contributed by atoms with E-state index in [4.69, 9.17) is 4.43 Å². The Bertz CT molecular complexity index is 417. The Morgan fingerprint density at radius 2 is 1.90 bits per heavy atom. The number of fused-ring (bicyclic) bond motifs is 1. The summed E-state index contributed by atoms with van der Waals surface area (Å²) in [5.41, 5.74) is 1.17. The largest absolute Gasteiger partial charge is 0.413 e. The van der Waals surface area contributed by atoms with Crippen molar-refractivity contribution < 1.29 is 9.22 Å². The third kappa shape index (κ3) is 2.92. The number of hydrogen-bond donors (Lipinski definition) is 0. The van der Waals surface area contributed by atoms with Gasteiger partial charge in [-0.05, 0) is 57.2 Å². The molecule has 0 unspecified atom stereocenters. The monoisotopic (exact) mass is 308 g/mol. The van der Waals surface area contributed by atoms with Crippen molar-refractivity contribution in [3.05, 3.63) is 11.6 Å². The summed E-state index contributed by atoms with van der Waals surface area (Å²) in [6.45, 7) is 11.2. The van der Waals surface area contributed by atoms with Crippen molar-refractivity contribution in [3.8, 4) is 0 Å². The summed E-state index contributed by atoms with van der Waals surface area (Å²) < 4.78 is 6.84. The average Bonchev–Trinajstić information content (AvgIpc) is 2.71. The van der Waals surface area contributed by atoms with E-state index in [1.54, 1.807) is 0 Å². The summed E-state index contributed by atoms with van der Waals surface area (Å²) in [5, 5.41) is 0. The summed E-state index contributed by atoms with van der Waals surface area (Å²) >= 11 is 0. The van der Waals surface area contributed by atoms with Crippen LogP contribution in [0.3, 0.4) is 0 Å². The SMILES string of the molecule is CC[Si](CC)(CC)O[C@H]1CC(C)=CC[C@@H]2CCC(=O)[C@]21C. The van der Waals surface area contributed by atoms with Crippen LogP contribution >= 0.6 is 0 Å². The third-order valence-electron chi connectivity index (χ3n) is 6.42. The summed E-state index contributed by atoms with van der Waals surface area (Å²) in [7, 11) is -1.67. The molecule has 0 bridgehead atoms. The smallest absolute Gasteiger partial charge is 0.192 e. The van der Waals surface area contributed by atoms with Crippen molar-refractivity contribution in [1.29, 1.82) is 0 Å². The zero-order chi connectivity index (χ0) is 15.7. The minimum atomic E-state index is -1.67. The molecule has 0 spiro atoms. The lowest BCUT2D eigenvalue weighted by Gasteiger charge is -2.42. The van der Waals surface area contributed by atoms with Crippen molar-refractivity contribution in [2.75, 3.05) is 0 Å². The van der Waals surface area contributed by atoms with Crippen LogP contribution in [0.15, 0.2) is 11.6 Å². The van der Waals surface area contributed by atoms with Crippen LogP contribution < -0.4 is 0 Å². The zero-order valence-corrected chi connectivity index (χ0v) is 15.5. The van der Waals surface area contributed by atoms with E-state index in [9.17, 15) is 4.79 Å². The van der Waals surface area contributed by atoms with Gasteiger partial charge in [0.15, 0.2) is 8.32 Å². The standard InChI is InChI=1S/C18H32O2Si/c1-6-21(7-2,8-3)20-17-13-14(4)9-10-15-11-12-16(19)18(15,17)5/h9,15,17H,6-8,10-13H2,1-5H3/t15-,17+,18+/m1/s1. The Hall–Kier alpha value is -0.413. The molecule has 2 nitrogen and oxygen atoms in total. The van der Waals surface area contributed by atoms with Gasteiger partial charge in [0.25, 0.3) is 0 Å². The molecule has 0 N–H and O–H groups in total. The van der Waals surface area contributed by atoms with Crippen LogP contribution in [0.25, 0.3) is 0 Å². The molecule has 3 atom stereocenters. The molecule has 120 valence electrons. The normalized spacial score (nSPS) is 33.6. The first-order valence-electron chi connectivity index (χ1n) is 8.78. The van der Waals surface area contributed by atoms with Crippen LogP contribution in [0, 0.1) is 11.3 Å². The van der Waals surface area contributed by atoms with E-state index in [0.717, 1.165) is 43.8 Å². The van der Waals surface area contributed by atoms with Crippen LogP contribution in [0.4, 0.5) is 0 Å². The van der Waals surface area contributed by atoms with E-state index in [1.807, 2.05) is 0 Å². The number of carbonyl (C=O) groups excluding carboxylic acids is 1. The molecule has 0 heterocycles. The second-order valence-corrected chi connectivity index (χ2v) is 12.0. The number of ketones is 1. The summed E-state index contributed by atoms with van der Waals surface area (Å²) in [6.07, 6.45) is 6.30. The van der Waals surface area contributed by atoms with Gasteiger partial charge in [0.05, 0.1) is 11.5 Å². The molecular weight excluding hydrogens is 276 g/mol. The Kier molecular flexibility index (Phi) is 5.14. The Morgan fingerprint density at radius 1 is 1.29 bits per heavy atom. The van der Waals surface area contributed by atoms with Gasteiger partial charge in [-0.25, -0.2) is 0 Å². The van der Waals surface area contributed by atoms with Crippen molar-refractivity contribution in [1.82, 2.24) is 0 Å². The molecular formula is C18H32O2Si. The average molecular weight is 309 g/mol. The summed E-state index contributed by atoms with van der Waals surface area (Å²) in [5.74, 6) is 0.941. The maximum atomic E-state index is 12.7. The second kappa shape index (κ2) is 6.37. The predicted octanol–water partition coefficient (Wildman–Crippen LogP) is 5.10. The third-order valence-corrected chi connectivity index (χ3v) is 11.1. The predicted molar refractivity (Wildman–Crippen MR) is 90.9 cm³/mol. The maximum absolute atomic E-state index is 12.7. The zero-order valence-electron chi connectivity index (χ0n) is 14.5. The highest BCUT2D eigenvalue weighted by atomic mass is 28.4. The number of carbonyl (C=O) groups is 1. The Balaban J connectivity index is 2.33. The number of hydrogen-bond acceptors (Lipinski definition) is 2. The lowest BCUT2D eigenvalue weighted by molar-refractivity contribution is -0.132. The molecule has 2 aliphatic carbocycles. The molecule has 0 aromatic carbocycles. The minimum absolute atomic E-state index is 0.114. The van der Waals surface area contributed by atoms with E-state index < -0.39 is 8.32 Å². The number of rotatable bonds is 5. The fraction of sp³-hybridized carbons (Fsp3) is 0.833. The Labute approximate surface area is 131 Å². The van der Waals surface area contributed by atoms with Crippen molar-refractivity contribution >= 4 is 14.1 Å². The molecule has 0 amide bonds. The highest BCUT2D eigenvalue weighted by Crippen LogP contribution is 2.50. The minimum Gasteiger partial charge on any atom is -0.413 e. The molecule has 1 saturated carbocycles. The van der Waals surface area contributed by atoms with Crippen LogP contribution in [0.1, 0.15) is 60.3 Å². The van der Waals surface area contributed by atoms with Gasteiger partial charge in [-0.15, -0.1) is 0 Å². The van der Waals surface area contributed by atoms with Gasteiger partial charge < -0.3 is 4.43 Å². The van der Waals surface area contributed by atoms with Crippen molar-refractivity contribution in [3.63, 3.8) is 0 Å². The van der Waals surface area contributed by atoms with Crippen LogP contribution in [0.5, 0.6) is 0 Å². The highest BCUT2D eigenvalue weighted by Gasteiger charge is 2.53. The molecule has 2 rings (SSSR count). The lowest BCUT2D eigenvalue weighted by atomic mass is 9.73. The van der Waals surface area contributed by atoms with Gasteiger partial charge in [-0.1, -0.05) is 32.4 Å². The van der Waals surface area contributed by atoms with Gasteiger partial charge in [-0.2, -0.15) is 0 Å². The van der Waals surface area contributed by atoms with Gasteiger partial charge >= 0.3 is 0 Å². The summed E-state index contributed by atoms with van der Waals surface area (Å²) in [6, 6.07) is 3.48. The molecule has 21 heavy (non-hydrogen) atoms.